The Kier molecular flexibility index (Phi) is 8.01. The van der Waals surface area contributed by atoms with Crippen molar-refractivity contribution in [1.29, 1.82) is 0 Å². The molecule has 1 aliphatic heterocycles. The lowest BCUT2D eigenvalue weighted by molar-refractivity contribution is -0.305. The summed E-state index contributed by atoms with van der Waals surface area (Å²) < 4.78 is 22.6. The molecule has 28 heavy (non-hydrogen) atoms. The lowest BCUT2D eigenvalue weighted by atomic mass is 9.82. The van der Waals surface area contributed by atoms with Crippen molar-refractivity contribution in [3.05, 3.63) is 35.9 Å². The van der Waals surface area contributed by atoms with E-state index in [1.54, 1.807) is 13.8 Å². The highest BCUT2D eigenvalue weighted by atomic mass is 16.7. The molecule has 1 N–H and O–H groups in total. The van der Waals surface area contributed by atoms with Crippen LogP contribution in [-0.2, 0) is 30.3 Å². The van der Waals surface area contributed by atoms with Gasteiger partial charge in [-0.1, -0.05) is 30.3 Å². The van der Waals surface area contributed by atoms with Crippen molar-refractivity contribution in [2.24, 2.45) is 5.41 Å². The molecule has 1 aromatic carbocycles. The van der Waals surface area contributed by atoms with Gasteiger partial charge in [-0.15, -0.1) is 0 Å². The highest BCUT2D eigenvalue weighted by molar-refractivity contribution is 5.76. The van der Waals surface area contributed by atoms with Crippen LogP contribution in [0.4, 0.5) is 0 Å². The zero-order valence-electron chi connectivity index (χ0n) is 17.6. The Balaban J connectivity index is 1.85. The number of hydrogen-bond donors (Lipinski definition) is 1. The van der Waals surface area contributed by atoms with E-state index in [0.29, 0.717) is 26.1 Å². The van der Waals surface area contributed by atoms with Crippen LogP contribution in [-0.4, -0.2) is 48.9 Å². The molecule has 0 radical (unpaired) electrons. The number of methoxy groups -OCH3 is 1. The summed E-state index contributed by atoms with van der Waals surface area (Å²) in [6.45, 7) is 8.26. The van der Waals surface area contributed by atoms with Gasteiger partial charge in [-0.05, 0) is 39.7 Å². The van der Waals surface area contributed by atoms with Crippen LogP contribution in [0.2, 0.25) is 0 Å². The number of esters is 1. The lowest BCUT2D eigenvalue weighted by Gasteiger charge is -2.42. The number of aliphatic hydroxyl groups is 1. The second kappa shape index (κ2) is 9.83. The van der Waals surface area contributed by atoms with Crippen molar-refractivity contribution in [2.75, 3.05) is 13.7 Å². The first-order chi connectivity index (χ1) is 13.1. The topological polar surface area (TPSA) is 74.2 Å². The summed E-state index contributed by atoms with van der Waals surface area (Å²) in [4.78, 5) is 11.9. The first-order valence-electron chi connectivity index (χ1n) is 9.88. The third-order valence-electron chi connectivity index (χ3n) is 5.15. The van der Waals surface area contributed by atoms with E-state index in [0.717, 1.165) is 12.0 Å². The third-order valence-corrected chi connectivity index (χ3v) is 5.15. The molecule has 1 aromatic rings. The SMILES string of the molecule is COC(=O)C(C)(C)[C@@H](O)C[C@@H]1C[C@H](CCOCc2ccccc2)OC(C)(C)O1. The van der Waals surface area contributed by atoms with Gasteiger partial charge in [0.05, 0.1) is 37.4 Å². The highest BCUT2D eigenvalue weighted by Gasteiger charge is 2.42. The van der Waals surface area contributed by atoms with Gasteiger partial charge in [-0.2, -0.15) is 0 Å². The van der Waals surface area contributed by atoms with Crippen molar-refractivity contribution in [3.63, 3.8) is 0 Å². The molecule has 6 nitrogen and oxygen atoms in total. The number of rotatable bonds is 9. The lowest BCUT2D eigenvalue weighted by Crippen LogP contribution is -2.48. The molecule has 158 valence electrons. The van der Waals surface area contributed by atoms with E-state index in [1.165, 1.54) is 7.11 Å². The van der Waals surface area contributed by atoms with E-state index in [-0.39, 0.29) is 12.2 Å². The minimum Gasteiger partial charge on any atom is -0.469 e. The molecular weight excluding hydrogens is 360 g/mol. The summed E-state index contributed by atoms with van der Waals surface area (Å²) in [5, 5.41) is 10.6. The second-order valence-corrected chi connectivity index (χ2v) is 8.41. The maximum atomic E-state index is 11.9. The molecule has 1 fully saturated rings. The van der Waals surface area contributed by atoms with Gasteiger partial charge in [-0.25, -0.2) is 0 Å². The Morgan fingerprint density at radius 3 is 2.54 bits per heavy atom. The van der Waals surface area contributed by atoms with Gasteiger partial charge in [0, 0.05) is 19.4 Å². The van der Waals surface area contributed by atoms with Crippen molar-refractivity contribution in [1.82, 2.24) is 0 Å². The number of carbonyl (C=O) groups excluding carboxylic acids is 1. The first-order valence-corrected chi connectivity index (χ1v) is 9.88. The summed E-state index contributed by atoms with van der Waals surface area (Å²) in [5.41, 5.74) is 0.149. The van der Waals surface area contributed by atoms with Gasteiger partial charge >= 0.3 is 5.97 Å². The van der Waals surface area contributed by atoms with Gasteiger partial charge in [-0.3, -0.25) is 4.79 Å². The summed E-state index contributed by atoms with van der Waals surface area (Å²) in [5.74, 6) is -1.18. The Morgan fingerprint density at radius 2 is 1.89 bits per heavy atom. The van der Waals surface area contributed by atoms with Crippen LogP contribution in [0, 0.1) is 5.41 Å². The van der Waals surface area contributed by atoms with Crippen LogP contribution in [0.1, 0.15) is 52.5 Å². The number of hydrogen-bond acceptors (Lipinski definition) is 6. The third kappa shape index (κ3) is 6.55. The van der Waals surface area contributed by atoms with E-state index >= 15 is 0 Å². The normalized spacial score (nSPS) is 23.2. The Labute approximate surface area is 168 Å². The fourth-order valence-electron chi connectivity index (χ4n) is 3.46. The van der Waals surface area contributed by atoms with Gasteiger partial charge in [0.2, 0.25) is 0 Å². The van der Waals surface area contributed by atoms with Crippen LogP contribution in [0.3, 0.4) is 0 Å². The molecule has 2 rings (SSSR count). The summed E-state index contributed by atoms with van der Waals surface area (Å²) in [6, 6.07) is 10.0. The molecule has 0 bridgehead atoms. The molecule has 1 saturated heterocycles. The molecule has 6 heteroatoms. The zero-order chi connectivity index (χ0) is 20.8. The van der Waals surface area contributed by atoms with E-state index in [1.807, 2.05) is 44.2 Å². The molecular formula is C22H34O6. The summed E-state index contributed by atoms with van der Waals surface area (Å²) in [6.07, 6.45) is 0.628. The van der Waals surface area contributed by atoms with E-state index in [4.69, 9.17) is 18.9 Å². The van der Waals surface area contributed by atoms with Crippen LogP contribution in [0.15, 0.2) is 30.3 Å². The largest absolute Gasteiger partial charge is 0.469 e. The van der Waals surface area contributed by atoms with Gasteiger partial charge in [0.15, 0.2) is 5.79 Å². The standard InChI is InChI=1S/C22H34O6/c1-21(2,20(24)25-5)19(23)14-18-13-17(27-22(3,4)28-18)11-12-26-15-16-9-7-6-8-10-16/h6-10,17-19,23H,11-15H2,1-5H3/t17-,18-,19-/m0/s1. The van der Waals surface area contributed by atoms with E-state index in [9.17, 15) is 9.90 Å². The zero-order valence-corrected chi connectivity index (χ0v) is 17.6. The Bertz CT molecular complexity index is 613. The molecule has 1 heterocycles. The summed E-state index contributed by atoms with van der Waals surface area (Å²) in [7, 11) is 1.33. The molecule has 0 amide bonds. The molecule has 0 spiro atoms. The molecule has 0 aliphatic carbocycles. The minimum absolute atomic E-state index is 0.0297. The molecule has 3 atom stereocenters. The van der Waals surface area contributed by atoms with Crippen molar-refractivity contribution < 1.29 is 28.8 Å². The van der Waals surface area contributed by atoms with E-state index < -0.39 is 23.3 Å². The highest BCUT2D eigenvalue weighted by Crippen LogP contribution is 2.34. The Hall–Kier alpha value is -1.47. The van der Waals surface area contributed by atoms with Crippen molar-refractivity contribution in [2.45, 2.75) is 77.7 Å². The summed E-state index contributed by atoms with van der Waals surface area (Å²) >= 11 is 0. The average Bonchev–Trinajstić information content (AvgIpc) is 2.64. The maximum Gasteiger partial charge on any atom is 0.313 e. The number of aliphatic hydroxyl groups excluding tert-OH is 1. The van der Waals surface area contributed by atoms with Crippen LogP contribution in [0.5, 0.6) is 0 Å². The fourth-order valence-corrected chi connectivity index (χ4v) is 3.46. The molecule has 0 aromatic heterocycles. The van der Waals surface area contributed by atoms with Crippen LogP contribution >= 0.6 is 0 Å². The molecule has 0 saturated carbocycles. The minimum atomic E-state index is -0.991. The van der Waals surface area contributed by atoms with Gasteiger partial charge in [0.25, 0.3) is 0 Å². The van der Waals surface area contributed by atoms with Crippen LogP contribution in [0.25, 0.3) is 0 Å². The number of benzene rings is 1. The Morgan fingerprint density at radius 1 is 1.25 bits per heavy atom. The first kappa shape index (κ1) is 22.8. The van der Waals surface area contributed by atoms with Crippen LogP contribution < -0.4 is 0 Å². The fraction of sp³-hybridized carbons (Fsp3) is 0.682. The van der Waals surface area contributed by atoms with E-state index in [2.05, 4.69) is 0 Å². The van der Waals surface area contributed by atoms with Gasteiger partial charge < -0.3 is 24.1 Å². The predicted molar refractivity (Wildman–Crippen MR) is 106 cm³/mol. The van der Waals surface area contributed by atoms with Crippen molar-refractivity contribution >= 4 is 5.97 Å². The van der Waals surface area contributed by atoms with Gasteiger partial charge in [0.1, 0.15) is 0 Å². The monoisotopic (exact) mass is 394 g/mol. The smallest absolute Gasteiger partial charge is 0.313 e. The second-order valence-electron chi connectivity index (χ2n) is 8.41. The number of carbonyl (C=O) groups is 1. The average molecular weight is 395 g/mol. The predicted octanol–water partition coefficient (Wildman–Crippen LogP) is 3.45. The van der Waals surface area contributed by atoms with Crippen molar-refractivity contribution in [3.8, 4) is 0 Å². The maximum absolute atomic E-state index is 11.9. The molecule has 0 unspecified atom stereocenters. The molecule has 1 aliphatic rings. The number of ether oxygens (including phenoxy) is 4. The quantitative estimate of drug-likeness (QED) is 0.511.